The molecular formula is C15H22F2IN3O2. The van der Waals surface area contributed by atoms with Crippen LogP contribution < -0.4 is 20.1 Å². The predicted octanol–water partition coefficient (Wildman–Crippen LogP) is 3.16. The first kappa shape index (κ1) is 21.4. The van der Waals surface area contributed by atoms with Crippen molar-refractivity contribution in [3.8, 4) is 11.5 Å². The Morgan fingerprint density at radius 1 is 1.39 bits per heavy atom. The second kappa shape index (κ2) is 11.9. The molecule has 0 spiro atoms. The van der Waals surface area contributed by atoms with Crippen molar-refractivity contribution in [1.82, 2.24) is 10.6 Å². The number of rotatable bonds is 8. The molecule has 0 unspecified atom stereocenters. The van der Waals surface area contributed by atoms with E-state index >= 15 is 0 Å². The first-order valence-electron chi connectivity index (χ1n) is 6.85. The van der Waals surface area contributed by atoms with Crippen molar-refractivity contribution < 1.29 is 18.3 Å². The fourth-order valence-corrected chi connectivity index (χ4v) is 1.69. The molecule has 0 amide bonds. The average Bonchev–Trinajstić information content (AvgIpc) is 2.50. The summed E-state index contributed by atoms with van der Waals surface area (Å²) in [6, 6.07) is 4.63. The zero-order valence-electron chi connectivity index (χ0n) is 13.1. The number of nitrogens with one attached hydrogen (secondary N) is 2. The maximum absolute atomic E-state index is 12.4. The lowest BCUT2D eigenvalue weighted by molar-refractivity contribution is -0.0504. The van der Waals surface area contributed by atoms with Gasteiger partial charge in [0.1, 0.15) is 11.5 Å². The number of methoxy groups -OCH3 is 1. The molecule has 0 radical (unpaired) electrons. The van der Waals surface area contributed by atoms with Crippen molar-refractivity contribution in [2.45, 2.75) is 20.1 Å². The first-order valence-corrected chi connectivity index (χ1v) is 6.85. The van der Waals surface area contributed by atoms with Crippen molar-refractivity contribution in [3.63, 3.8) is 0 Å². The molecule has 0 aliphatic heterocycles. The van der Waals surface area contributed by atoms with E-state index in [2.05, 4.69) is 26.9 Å². The number of halogens is 3. The summed E-state index contributed by atoms with van der Waals surface area (Å²) in [5.41, 5.74) is 0.510. The first-order chi connectivity index (χ1) is 10.6. The van der Waals surface area contributed by atoms with Crippen molar-refractivity contribution in [3.05, 3.63) is 36.4 Å². The number of ether oxygens (including phenoxy) is 2. The number of benzene rings is 1. The Morgan fingerprint density at radius 2 is 2.13 bits per heavy atom. The van der Waals surface area contributed by atoms with Crippen LogP contribution in [-0.2, 0) is 6.54 Å². The van der Waals surface area contributed by atoms with E-state index in [9.17, 15) is 8.78 Å². The number of hydrogen-bond acceptors (Lipinski definition) is 3. The zero-order chi connectivity index (χ0) is 16.4. The van der Waals surface area contributed by atoms with Crippen molar-refractivity contribution in [2.24, 2.45) is 4.99 Å². The van der Waals surface area contributed by atoms with Crippen LogP contribution in [0.1, 0.15) is 12.5 Å². The SMILES string of the molecule is C=CCNC(=NCc1cc(OC)ccc1OC(F)F)NCC.I. The van der Waals surface area contributed by atoms with Crippen LogP contribution in [0.15, 0.2) is 35.8 Å². The highest BCUT2D eigenvalue weighted by Gasteiger charge is 2.11. The van der Waals surface area contributed by atoms with Crippen molar-refractivity contribution >= 4 is 29.9 Å². The molecule has 2 N–H and O–H groups in total. The molecule has 23 heavy (non-hydrogen) atoms. The summed E-state index contributed by atoms with van der Waals surface area (Å²) in [6.07, 6.45) is 1.70. The number of guanidine groups is 1. The standard InChI is InChI=1S/C15H21F2N3O2.HI/c1-4-8-19-15(18-5-2)20-10-11-9-12(21-3)6-7-13(11)22-14(16)17;/h4,6-7,9,14H,1,5,8,10H2,2-3H3,(H2,18,19,20);1H. The highest BCUT2D eigenvalue weighted by atomic mass is 127. The Balaban J connectivity index is 0.00000484. The minimum absolute atomic E-state index is 0. The third-order valence-corrected chi connectivity index (χ3v) is 2.65. The molecule has 0 aromatic heterocycles. The molecule has 0 atom stereocenters. The Labute approximate surface area is 152 Å². The summed E-state index contributed by atoms with van der Waals surface area (Å²) < 4.78 is 34.5. The molecule has 0 fully saturated rings. The molecule has 130 valence electrons. The normalized spacial score (nSPS) is 10.7. The molecule has 1 aromatic rings. The van der Waals surface area contributed by atoms with Gasteiger partial charge in [-0.05, 0) is 25.1 Å². The lowest BCUT2D eigenvalue weighted by atomic mass is 10.2. The van der Waals surface area contributed by atoms with Gasteiger partial charge < -0.3 is 20.1 Å². The molecule has 0 bridgehead atoms. The van der Waals surface area contributed by atoms with E-state index < -0.39 is 6.61 Å². The van der Waals surface area contributed by atoms with Crippen LogP contribution in [0.25, 0.3) is 0 Å². The van der Waals surface area contributed by atoms with Gasteiger partial charge in [0, 0.05) is 18.7 Å². The summed E-state index contributed by atoms with van der Waals surface area (Å²) in [7, 11) is 1.51. The molecule has 1 aromatic carbocycles. The minimum atomic E-state index is -2.89. The highest BCUT2D eigenvalue weighted by Crippen LogP contribution is 2.26. The van der Waals surface area contributed by atoms with Crippen LogP contribution in [0.5, 0.6) is 11.5 Å². The Hall–Kier alpha value is -1.58. The van der Waals surface area contributed by atoms with Gasteiger partial charge in [-0.3, -0.25) is 0 Å². The van der Waals surface area contributed by atoms with Crippen LogP contribution in [0, 0.1) is 0 Å². The number of aliphatic imine (C=N–C) groups is 1. The van der Waals surface area contributed by atoms with E-state index in [-0.39, 0.29) is 36.3 Å². The van der Waals surface area contributed by atoms with Crippen LogP contribution in [0.4, 0.5) is 8.78 Å². The topological polar surface area (TPSA) is 54.9 Å². The van der Waals surface area contributed by atoms with Crippen LogP contribution in [0.3, 0.4) is 0 Å². The van der Waals surface area contributed by atoms with Gasteiger partial charge in [0.15, 0.2) is 5.96 Å². The van der Waals surface area contributed by atoms with Crippen molar-refractivity contribution in [2.75, 3.05) is 20.2 Å². The van der Waals surface area contributed by atoms with Gasteiger partial charge in [0.05, 0.1) is 13.7 Å². The third-order valence-electron chi connectivity index (χ3n) is 2.65. The molecule has 0 saturated heterocycles. The Morgan fingerprint density at radius 3 is 2.70 bits per heavy atom. The van der Waals surface area contributed by atoms with Crippen LogP contribution in [-0.4, -0.2) is 32.8 Å². The van der Waals surface area contributed by atoms with E-state index in [0.29, 0.717) is 30.4 Å². The van der Waals surface area contributed by atoms with Crippen LogP contribution >= 0.6 is 24.0 Å². The smallest absolute Gasteiger partial charge is 0.387 e. The van der Waals surface area contributed by atoms with E-state index in [1.807, 2.05) is 6.92 Å². The predicted molar refractivity (Wildman–Crippen MR) is 98.1 cm³/mol. The number of hydrogen-bond donors (Lipinski definition) is 2. The van der Waals surface area contributed by atoms with Gasteiger partial charge in [-0.25, -0.2) is 4.99 Å². The fraction of sp³-hybridized carbons (Fsp3) is 0.400. The zero-order valence-corrected chi connectivity index (χ0v) is 15.5. The Bertz CT molecular complexity index is 513. The average molecular weight is 441 g/mol. The van der Waals surface area contributed by atoms with E-state index in [1.54, 1.807) is 18.2 Å². The van der Waals surface area contributed by atoms with Crippen molar-refractivity contribution in [1.29, 1.82) is 0 Å². The lowest BCUT2D eigenvalue weighted by Crippen LogP contribution is -2.37. The van der Waals surface area contributed by atoms with E-state index in [1.165, 1.54) is 13.2 Å². The van der Waals surface area contributed by atoms with E-state index in [0.717, 1.165) is 0 Å². The molecule has 0 aliphatic carbocycles. The summed E-state index contributed by atoms with van der Waals surface area (Å²) in [5.74, 6) is 1.20. The van der Waals surface area contributed by atoms with Gasteiger partial charge in [-0.1, -0.05) is 6.08 Å². The number of alkyl halides is 2. The molecular weight excluding hydrogens is 419 g/mol. The molecule has 5 nitrogen and oxygen atoms in total. The lowest BCUT2D eigenvalue weighted by Gasteiger charge is -2.13. The van der Waals surface area contributed by atoms with Crippen LogP contribution in [0.2, 0.25) is 0 Å². The van der Waals surface area contributed by atoms with Gasteiger partial charge in [-0.2, -0.15) is 8.78 Å². The molecule has 0 aliphatic rings. The molecule has 8 heteroatoms. The summed E-state index contributed by atoms with van der Waals surface area (Å²) in [5, 5.41) is 6.08. The van der Waals surface area contributed by atoms with Gasteiger partial charge in [0.25, 0.3) is 0 Å². The maximum Gasteiger partial charge on any atom is 0.387 e. The molecule has 0 saturated carbocycles. The summed E-state index contributed by atoms with van der Waals surface area (Å²) in [6.45, 7) is 4.06. The largest absolute Gasteiger partial charge is 0.497 e. The second-order valence-electron chi connectivity index (χ2n) is 4.22. The van der Waals surface area contributed by atoms with Gasteiger partial charge in [-0.15, -0.1) is 30.6 Å². The fourth-order valence-electron chi connectivity index (χ4n) is 1.69. The summed E-state index contributed by atoms with van der Waals surface area (Å²) in [4.78, 5) is 4.33. The maximum atomic E-state index is 12.4. The number of nitrogens with zero attached hydrogens (tertiary/aromatic N) is 1. The monoisotopic (exact) mass is 441 g/mol. The third kappa shape index (κ3) is 8.00. The van der Waals surface area contributed by atoms with E-state index in [4.69, 9.17) is 4.74 Å². The van der Waals surface area contributed by atoms with Gasteiger partial charge in [0.2, 0.25) is 0 Å². The highest BCUT2D eigenvalue weighted by molar-refractivity contribution is 14.0. The molecule has 1 rings (SSSR count). The minimum Gasteiger partial charge on any atom is -0.497 e. The Kier molecular flexibility index (Phi) is 11.1. The second-order valence-corrected chi connectivity index (χ2v) is 4.22. The van der Waals surface area contributed by atoms with Gasteiger partial charge >= 0.3 is 6.61 Å². The quantitative estimate of drug-likeness (QED) is 0.282. The molecule has 0 heterocycles. The summed E-state index contributed by atoms with van der Waals surface area (Å²) >= 11 is 0.